The summed E-state index contributed by atoms with van der Waals surface area (Å²) in [6.45, 7) is 6.96. The van der Waals surface area contributed by atoms with Crippen LogP contribution in [0, 0.1) is 6.92 Å². The van der Waals surface area contributed by atoms with E-state index in [9.17, 15) is 0 Å². The van der Waals surface area contributed by atoms with Crippen LogP contribution in [0.25, 0.3) is 0 Å². The van der Waals surface area contributed by atoms with E-state index in [1.54, 1.807) is 0 Å². The van der Waals surface area contributed by atoms with E-state index in [-0.39, 0.29) is 6.04 Å². The number of aryl methyl sites for hydroxylation is 1. The van der Waals surface area contributed by atoms with Gasteiger partial charge >= 0.3 is 0 Å². The lowest BCUT2D eigenvalue weighted by molar-refractivity contribution is 0.0711. The van der Waals surface area contributed by atoms with E-state index in [0.717, 1.165) is 48.9 Å². The van der Waals surface area contributed by atoms with E-state index < -0.39 is 0 Å². The van der Waals surface area contributed by atoms with Crippen LogP contribution in [0.15, 0.2) is 0 Å². The second-order valence-electron chi connectivity index (χ2n) is 6.66. The third-order valence-electron chi connectivity index (χ3n) is 5.44. The fourth-order valence-corrected chi connectivity index (χ4v) is 4.23. The van der Waals surface area contributed by atoms with Crippen LogP contribution in [0.2, 0.25) is 5.15 Å². The molecule has 0 aromatic carbocycles. The molecule has 6 heteroatoms. The molecule has 0 spiro atoms. The SMILES string of the molecule is Cc1nc(C(CN)N2CCN(C3CCCC3)CC2)c(Cl)n1C. The monoisotopic (exact) mass is 325 g/mol. The minimum absolute atomic E-state index is 0.137. The van der Waals surface area contributed by atoms with Crippen molar-refractivity contribution in [3.63, 3.8) is 0 Å². The van der Waals surface area contributed by atoms with Crippen molar-refractivity contribution in [3.8, 4) is 0 Å². The molecule has 1 saturated carbocycles. The summed E-state index contributed by atoms with van der Waals surface area (Å²) in [5.41, 5.74) is 7.00. The first-order valence-electron chi connectivity index (χ1n) is 8.48. The number of hydrogen-bond acceptors (Lipinski definition) is 4. The minimum Gasteiger partial charge on any atom is -0.329 e. The van der Waals surface area contributed by atoms with Crippen molar-refractivity contribution in [1.82, 2.24) is 19.4 Å². The molecule has 1 aromatic rings. The van der Waals surface area contributed by atoms with Crippen LogP contribution in [0.4, 0.5) is 0 Å². The number of hydrogen-bond donors (Lipinski definition) is 1. The first-order chi connectivity index (χ1) is 10.6. The van der Waals surface area contributed by atoms with Crippen molar-refractivity contribution in [2.75, 3.05) is 32.7 Å². The molecule has 2 heterocycles. The molecule has 3 rings (SSSR count). The lowest BCUT2D eigenvalue weighted by atomic mass is 10.1. The van der Waals surface area contributed by atoms with Crippen LogP contribution in [0.5, 0.6) is 0 Å². The number of nitrogens with zero attached hydrogens (tertiary/aromatic N) is 4. The zero-order valence-electron chi connectivity index (χ0n) is 13.8. The van der Waals surface area contributed by atoms with E-state index in [1.807, 2.05) is 18.5 Å². The number of rotatable bonds is 4. The summed E-state index contributed by atoms with van der Waals surface area (Å²) in [6.07, 6.45) is 5.56. The topological polar surface area (TPSA) is 50.3 Å². The summed E-state index contributed by atoms with van der Waals surface area (Å²) in [6, 6.07) is 0.956. The molecule has 1 aliphatic heterocycles. The van der Waals surface area contributed by atoms with E-state index in [1.165, 1.54) is 25.7 Å². The van der Waals surface area contributed by atoms with Gasteiger partial charge < -0.3 is 10.3 Å². The second-order valence-corrected chi connectivity index (χ2v) is 7.01. The molecule has 1 aliphatic carbocycles. The predicted molar refractivity (Wildman–Crippen MR) is 90.2 cm³/mol. The molecule has 1 unspecified atom stereocenters. The standard InChI is InChI=1S/C16H28ClN5/c1-12-19-15(16(17)20(12)2)14(11-18)22-9-7-21(8-10-22)13-5-3-4-6-13/h13-14H,3-11,18H2,1-2H3. The highest BCUT2D eigenvalue weighted by molar-refractivity contribution is 6.30. The molecule has 0 amide bonds. The van der Waals surface area contributed by atoms with Gasteiger partial charge in [0.2, 0.25) is 0 Å². The van der Waals surface area contributed by atoms with Gasteiger partial charge in [-0.3, -0.25) is 9.80 Å². The maximum atomic E-state index is 6.45. The number of halogens is 1. The Balaban J connectivity index is 1.66. The fraction of sp³-hybridized carbons (Fsp3) is 0.812. The summed E-state index contributed by atoms with van der Waals surface area (Å²) < 4.78 is 1.94. The Labute approximate surface area is 138 Å². The van der Waals surface area contributed by atoms with Crippen molar-refractivity contribution < 1.29 is 0 Å². The Bertz CT molecular complexity index is 501. The highest BCUT2D eigenvalue weighted by atomic mass is 35.5. The van der Waals surface area contributed by atoms with Gasteiger partial charge in [-0.05, 0) is 19.8 Å². The first kappa shape index (κ1) is 16.2. The molecular weight excluding hydrogens is 298 g/mol. The molecule has 1 saturated heterocycles. The summed E-state index contributed by atoms with van der Waals surface area (Å²) >= 11 is 6.45. The highest BCUT2D eigenvalue weighted by Gasteiger charge is 2.31. The Morgan fingerprint density at radius 1 is 1.23 bits per heavy atom. The molecule has 2 aliphatic rings. The van der Waals surface area contributed by atoms with E-state index in [0.29, 0.717) is 6.54 Å². The molecule has 0 radical (unpaired) electrons. The molecule has 5 nitrogen and oxygen atoms in total. The molecule has 0 bridgehead atoms. The third kappa shape index (κ3) is 3.04. The van der Waals surface area contributed by atoms with Crippen LogP contribution in [-0.2, 0) is 7.05 Å². The van der Waals surface area contributed by atoms with Crippen molar-refractivity contribution in [2.45, 2.75) is 44.7 Å². The van der Waals surface area contributed by atoms with Gasteiger partial charge in [0.1, 0.15) is 11.0 Å². The van der Waals surface area contributed by atoms with Crippen molar-refractivity contribution in [1.29, 1.82) is 0 Å². The Morgan fingerprint density at radius 2 is 1.86 bits per heavy atom. The van der Waals surface area contributed by atoms with Gasteiger partial charge in [-0.2, -0.15) is 0 Å². The minimum atomic E-state index is 0.137. The summed E-state index contributed by atoms with van der Waals surface area (Å²) in [7, 11) is 1.96. The normalized spacial score (nSPS) is 23.3. The van der Waals surface area contributed by atoms with Gasteiger partial charge in [-0.25, -0.2) is 4.98 Å². The van der Waals surface area contributed by atoms with Gasteiger partial charge in [0.05, 0.1) is 11.7 Å². The Morgan fingerprint density at radius 3 is 2.36 bits per heavy atom. The Kier molecular flexibility index (Phi) is 5.07. The number of nitrogens with two attached hydrogens (primary N) is 1. The molecule has 1 aromatic heterocycles. The maximum absolute atomic E-state index is 6.45. The summed E-state index contributed by atoms with van der Waals surface area (Å²) in [4.78, 5) is 9.77. The zero-order chi connectivity index (χ0) is 15.7. The van der Waals surface area contributed by atoms with Gasteiger partial charge in [-0.15, -0.1) is 0 Å². The van der Waals surface area contributed by atoms with Crippen molar-refractivity contribution in [3.05, 3.63) is 16.7 Å². The van der Waals surface area contributed by atoms with Gasteiger partial charge in [0, 0.05) is 45.8 Å². The lowest BCUT2D eigenvalue weighted by Gasteiger charge is -2.41. The number of piperazine rings is 1. The molecule has 1 atom stereocenters. The average Bonchev–Trinajstić information content (AvgIpc) is 3.15. The second kappa shape index (κ2) is 6.87. The zero-order valence-corrected chi connectivity index (χ0v) is 14.5. The summed E-state index contributed by atoms with van der Waals surface area (Å²) in [5, 5.41) is 0.728. The molecule has 2 N–H and O–H groups in total. The molecular formula is C16H28ClN5. The van der Waals surface area contributed by atoms with Gasteiger partial charge in [0.15, 0.2) is 0 Å². The quantitative estimate of drug-likeness (QED) is 0.919. The van der Waals surface area contributed by atoms with Gasteiger partial charge in [0.25, 0.3) is 0 Å². The largest absolute Gasteiger partial charge is 0.329 e. The third-order valence-corrected chi connectivity index (χ3v) is 5.89. The lowest BCUT2D eigenvalue weighted by Crippen LogP contribution is -2.51. The molecule has 2 fully saturated rings. The molecule has 22 heavy (non-hydrogen) atoms. The number of aromatic nitrogens is 2. The van der Waals surface area contributed by atoms with E-state index in [4.69, 9.17) is 17.3 Å². The van der Waals surface area contributed by atoms with E-state index >= 15 is 0 Å². The molecule has 124 valence electrons. The van der Waals surface area contributed by atoms with Crippen LogP contribution < -0.4 is 5.73 Å². The van der Waals surface area contributed by atoms with Crippen LogP contribution >= 0.6 is 11.6 Å². The van der Waals surface area contributed by atoms with E-state index in [2.05, 4.69) is 14.8 Å². The summed E-state index contributed by atoms with van der Waals surface area (Å²) in [5.74, 6) is 0.947. The van der Waals surface area contributed by atoms with Crippen LogP contribution in [0.1, 0.15) is 43.2 Å². The van der Waals surface area contributed by atoms with Crippen molar-refractivity contribution in [2.24, 2.45) is 12.8 Å². The maximum Gasteiger partial charge on any atom is 0.133 e. The smallest absolute Gasteiger partial charge is 0.133 e. The first-order valence-corrected chi connectivity index (χ1v) is 8.86. The van der Waals surface area contributed by atoms with Crippen LogP contribution in [0.3, 0.4) is 0 Å². The van der Waals surface area contributed by atoms with Crippen molar-refractivity contribution >= 4 is 11.6 Å². The average molecular weight is 326 g/mol. The number of imidazole rings is 1. The highest BCUT2D eigenvalue weighted by Crippen LogP contribution is 2.29. The van der Waals surface area contributed by atoms with Crippen LogP contribution in [-0.4, -0.2) is 58.1 Å². The fourth-order valence-electron chi connectivity index (χ4n) is 3.94. The van der Waals surface area contributed by atoms with Gasteiger partial charge in [-0.1, -0.05) is 24.4 Å². The Hall–Kier alpha value is -0.620. The predicted octanol–water partition coefficient (Wildman–Crippen LogP) is 1.94.